The predicted molar refractivity (Wildman–Crippen MR) is 88.1 cm³/mol. The monoisotopic (exact) mass is 331 g/mol. The first-order valence-corrected chi connectivity index (χ1v) is 8.54. The zero-order valence-corrected chi connectivity index (χ0v) is 13.8. The lowest BCUT2D eigenvalue weighted by atomic mass is 10.2. The summed E-state index contributed by atoms with van der Waals surface area (Å²) in [7, 11) is 1.67. The lowest BCUT2D eigenvalue weighted by Crippen LogP contribution is -3.12. The summed E-state index contributed by atoms with van der Waals surface area (Å²) in [6, 6.07) is 7.92. The van der Waals surface area contributed by atoms with Crippen molar-refractivity contribution in [2.75, 3.05) is 33.4 Å². The van der Waals surface area contributed by atoms with Gasteiger partial charge in [0.15, 0.2) is 5.82 Å². The van der Waals surface area contributed by atoms with E-state index in [9.17, 15) is 0 Å². The average Bonchev–Trinajstić information content (AvgIpc) is 3.16. The summed E-state index contributed by atoms with van der Waals surface area (Å²) in [6.07, 6.45) is 2.17. The Morgan fingerprint density at radius 2 is 2.00 bits per heavy atom. The molecule has 0 spiro atoms. The SMILES string of the molecule is COc1ccc(-c2nnc3sc(C[NH+]4CCOCC4)cn23)cc1. The van der Waals surface area contributed by atoms with Gasteiger partial charge in [0.25, 0.3) is 0 Å². The van der Waals surface area contributed by atoms with Gasteiger partial charge in [0.2, 0.25) is 4.96 Å². The van der Waals surface area contributed by atoms with Gasteiger partial charge in [0.1, 0.15) is 25.4 Å². The van der Waals surface area contributed by atoms with Crippen LogP contribution in [0, 0.1) is 0 Å². The van der Waals surface area contributed by atoms with E-state index >= 15 is 0 Å². The van der Waals surface area contributed by atoms with Crippen molar-refractivity contribution in [3.05, 3.63) is 35.3 Å². The number of benzene rings is 1. The average molecular weight is 331 g/mol. The normalized spacial score (nSPS) is 16.0. The van der Waals surface area contributed by atoms with Gasteiger partial charge in [-0.25, -0.2) is 0 Å². The van der Waals surface area contributed by atoms with Gasteiger partial charge >= 0.3 is 0 Å². The summed E-state index contributed by atoms with van der Waals surface area (Å²) in [4.78, 5) is 3.85. The minimum absolute atomic E-state index is 0.844. The maximum absolute atomic E-state index is 5.42. The van der Waals surface area contributed by atoms with E-state index in [2.05, 4.69) is 20.8 Å². The molecule has 1 aliphatic rings. The van der Waals surface area contributed by atoms with Crippen LogP contribution in [0.3, 0.4) is 0 Å². The van der Waals surface area contributed by atoms with E-state index in [0.717, 1.165) is 54.9 Å². The van der Waals surface area contributed by atoms with Crippen molar-refractivity contribution < 1.29 is 14.4 Å². The van der Waals surface area contributed by atoms with Crippen molar-refractivity contribution in [1.29, 1.82) is 0 Å². The van der Waals surface area contributed by atoms with Crippen molar-refractivity contribution in [2.45, 2.75) is 6.54 Å². The van der Waals surface area contributed by atoms with Gasteiger partial charge in [-0.3, -0.25) is 4.40 Å². The molecular weight excluding hydrogens is 312 g/mol. The fourth-order valence-corrected chi connectivity index (χ4v) is 3.84. The number of ether oxygens (including phenoxy) is 2. The van der Waals surface area contributed by atoms with Crippen molar-refractivity contribution in [2.24, 2.45) is 0 Å². The molecule has 0 unspecified atom stereocenters. The van der Waals surface area contributed by atoms with Crippen LogP contribution in [0.5, 0.6) is 5.75 Å². The van der Waals surface area contributed by atoms with Gasteiger partial charge in [-0.1, -0.05) is 11.3 Å². The summed E-state index contributed by atoms with van der Waals surface area (Å²) in [6.45, 7) is 4.89. The number of rotatable bonds is 4. The highest BCUT2D eigenvalue weighted by Gasteiger charge is 2.18. The lowest BCUT2D eigenvalue weighted by Gasteiger charge is -2.22. The Hall–Kier alpha value is -1.96. The van der Waals surface area contributed by atoms with Crippen LogP contribution in [0.2, 0.25) is 0 Å². The van der Waals surface area contributed by atoms with E-state index < -0.39 is 0 Å². The van der Waals surface area contributed by atoms with E-state index in [-0.39, 0.29) is 0 Å². The molecule has 3 aromatic rings. The highest BCUT2D eigenvalue weighted by molar-refractivity contribution is 7.17. The van der Waals surface area contributed by atoms with Crippen LogP contribution in [-0.4, -0.2) is 48.0 Å². The lowest BCUT2D eigenvalue weighted by molar-refractivity contribution is -0.921. The van der Waals surface area contributed by atoms with Crippen LogP contribution >= 0.6 is 11.3 Å². The highest BCUT2D eigenvalue weighted by atomic mass is 32.1. The molecule has 7 heteroatoms. The van der Waals surface area contributed by atoms with Gasteiger partial charge in [-0.15, -0.1) is 10.2 Å². The zero-order chi connectivity index (χ0) is 15.6. The number of nitrogens with one attached hydrogen (secondary N) is 1. The van der Waals surface area contributed by atoms with Gasteiger partial charge in [0.05, 0.1) is 25.2 Å². The van der Waals surface area contributed by atoms with Crippen molar-refractivity contribution in [3.63, 3.8) is 0 Å². The molecule has 6 nitrogen and oxygen atoms in total. The molecule has 0 aliphatic carbocycles. The number of hydrogen-bond donors (Lipinski definition) is 1. The second-order valence-electron chi connectivity index (χ2n) is 5.64. The van der Waals surface area contributed by atoms with E-state index in [0.29, 0.717) is 0 Å². The van der Waals surface area contributed by atoms with Crippen LogP contribution in [0.1, 0.15) is 4.88 Å². The third kappa shape index (κ3) is 2.95. The Kier molecular flexibility index (Phi) is 3.99. The number of quaternary nitrogens is 1. The first-order valence-electron chi connectivity index (χ1n) is 7.72. The van der Waals surface area contributed by atoms with Gasteiger partial charge in [-0.2, -0.15) is 0 Å². The molecule has 1 fully saturated rings. The predicted octanol–water partition coefficient (Wildman–Crippen LogP) is 0.881. The molecule has 1 N–H and O–H groups in total. The molecule has 23 heavy (non-hydrogen) atoms. The van der Waals surface area contributed by atoms with E-state index in [4.69, 9.17) is 9.47 Å². The Morgan fingerprint density at radius 3 is 2.74 bits per heavy atom. The molecular formula is C16H19N4O2S+. The van der Waals surface area contributed by atoms with E-state index in [1.807, 2.05) is 24.3 Å². The molecule has 0 radical (unpaired) electrons. The maximum Gasteiger partial charge on any atom is 0.216 e. The van der Waals surface area contributed by atoms with Gasteiger partial charge < -0.3 is 14.4 Å². The molecule has 3 heterocycles. The Labute approximate surface area is 138 Å². The van der Waals surface area contributed by atoms with Crippen LogP contribution < -0.4 is 9.64 Å². The quantitative estimate of drug-likeness (QED) is 0.771. The Morgan fingerprint density at radius 1 is 1.22 bits per heavy atom. The third-order valence-electron chi connectivity index (χ3n) is 4.13. The second kappa shape index (κ2) is 6.27. The number of morpholine rings is 1. The van der Waals surface area contributed by atoms with E-state index in [1.54, 1.807) is 23.3 Å². The largest absolute Gasteiger partial charge is 0.497 e. The summed E-state index contributed by atoms with van der Waals surface area (Å²) < 4.78 is 12.7. The first kappa shape index (κ1) is 14.6. The van der Waals surface area contributed by atoms with Crippen LogP contribution in [0.15, 0.2) is 30.5 Å². The second-order valence-corrected chi connectivity index (χ2v) is 6.73. The number of thiazole rings is 1. The fourth-order valence-electron chi connectivity index (χ4n) is 2.85. The molecule has 2 aromatic heterocycles. The Bertz CT molecular complexity index is 790. The van der Waals surface area contributed by atoms with Gasteiger partial charge in [0, 0.05) is 11.8 Å². The molecule has 0 amide bonds. The summed E-state index contributed by atoms with van der Waals surface area (Å²) in [5.41, 5.74) is 1.04. The van der Waals surface area contributed by atoms with Crippen molar-refractivity contribution >= 4 is 16.3 Å². The number of aromatic nitrogens is 3. The molecule has 120 valence electrons. The van der Waals surface area contributed by atoms with E-state index in [1.165, 1.54) is 4.88 Å². The van der Waals surface area contributed by atoms with Crippen LogP contribution in [0.25, 0.3) is 16.3 Å². The standard InChI is InChI=1S/C16H18N4O2S/c1-21-13-4-2-12(3-5-13)15-17-18-16-20(15)11-14(23-16)10-19-6-8-22-9-7-19/h2-5,11H,6-10H2,1H3/p+1. The molecule has 0 bridgehead atoms. The molecule has 1 saturated heterocycles. The molecule has 4 rings (SSSR count). The van der Waals surface area contributed by atoms with Crippen LogP contribution in [-0.2, 0) is 11.3 Å². The maximum atomic E-state index is 5.42. The van der Waals surface area contributed by atoms with Crippen molar-refractivity contribution in [1.82, 2.24) is 14.6 Å². The number of hydrogen-bond acceptors (Lipinski definition) is 5. The summed E-state index contributed by atoms with van der Waals surface area (Å²) in [5, 5.41) is 8.64. The molecule has 0 atom stereocenters. The zero-order valence-electron chi connectivity index (χ0n) is 13.0. The third-order valence-corrected chi connectivity index (χ3v) is 5.11. The molecule has 1 aromatic carbocycles. The fraction of sp³-hybridized carbons (Fsp3) is 0.375. The molecule has 0 saturated carbocycles. The minimum atomic E-state index is 0.844. The number of methoxy groups -OCH3 is 1. The topological polar surface area (TPSA) is 53.1 Å². The highest BCUT2D eigenvalue weighted by Crippen LogP contribution is 2.25. The first-order chi connectivity index (χ1) is 11.3. The van der Waals surface area contributed by atoms with Crippen LogP contribution in [0.4, 0.5) is 0 Å². The molecule has 1 aliphatic heterocycles. The smallest absolute Gasteiger partial charge is 0.216 e. The summed E-state index contributed by atoms with van der Waals surface area (Å²) >= 11 is 1.72. The summed E-state index contributed by atoms with van der Waals surface area (Å²) in [5.74, 6) is 1.72. The minimum Gasteiger partial charge on any atom is -0.497 e. The van der Waals surface area contributed by atoms with Crippen molar-refractivity contribution in [3.8, 4) is 17.1 Å². The number of fused-ring (bicyclic) bond motifs is 1. The Balaban J connectivity index is 1.60. The van der Waals surface area contributed by atoms with Gasteiger partial charge in [-0.05, 0) is 24.3 Å². The number of nitrogens with zero attached hydrogens (tertiary/aromatic N) is 3.